The fraction of sp³-hybridized carbons (Fsp3) is 0.480. The highest BCUT2D eigenvalue weighted by Gasteiger charge is 2.46. The zero-order valence-electron chi connectivity index (χ0n) is 19.9. The molecule has 0 amide bonds. The normalized spacial score (nSPS) is 18.9. The van der Waals surface area contributed by atoms with Crippen LogP contribution in [-0.2, 0) is 9.53 Å². The minimum absolute atomic E-state index is 0.0920. The molecule has 1 fully saturated rings. The maximum absolute atomic E-state index is 12.6. The van der Waals surface area contributed by atoms with Crippen LogP contribution in [0.2, 0.25) is 0 Å². The second-order valence-corrected chi connectivity index (χ2v) is 9.02. The molecular weight excluding hydrogens is 453 g/mol. The Morgan fingerprint density at radius 3 is 2.18 bits per heavy atom. The van der Waals surface area contributed by atoms with E-state index in [-0.39, 0.29) is 29.4 Å². The van der Waals surface area contributed by atoms with E-state index in [0.29, 0.717) is 11.3 Å². The average Bonchev–Trinajstić information content (AvgIpc) is 3.51. The lowest BCUT2D eigenvalue weighted by Gasteiger charge is -2.25. The molecule has 9 heteroatoms. The Bertz CT molecular complexity index is 1040. The first-order valence-electron chi connectivity index (χ1n) is 10.8. The first kappa shape index (κ1) is 25.7. The quantitative estimate of drug-likeness (QED) is 0.477. The molecule has 0 bridgehead atoms. The number of rotatable bonds is 9. The van der Waals surface area contributed by atoms with Gasteiger partial charge in [-0.05, 0) is 74.8 Å². The molecule has 2 aromatic rings. The zero-order valence-corrected chi connectivity index (χ0v) is 19.9. The first-order chi connectivity index (χ1) is 15.8. The van der Waals surface area contributed by atoms with Gasteiger partial charge in [0.1, 0.15) is 17.2 Å². The maximum atomic E-state index is 12.6. The zero-order chi connectivity index (χ0) is 25.4. The summed E-state index contributed by atoms with van der Waals surface area (Å²) in [5, 5.41) is 9.37. The second-order valence-electron chi connectivity index (χ2n) is 9.02. The van der Waals surface area contributed by atoms with Gasteiger partial charge in [0.25, 0.3) is 0 Å². The van der Waals surface area contributed by atoms with Crippen LogP contribution in [0.3, 0.4) is 0 Å². The van der Waals surface area contributed by atoms with Gasteiger partial charge in [0.2, 0.25) is 0 Å². The fourth-order valence-corrected chi connectivity index (χ4v) is 4.25. The van der Waals surface area contributed by atoms with Gasteiger partial charge in [0.05, 0.1) is 13.2 Å². The highest BCUT2D eigenvalue weighted by Crippen LogP contribution is 2.57. The van der Waals surface area contributed by atoms with E-state index in [1.165, 1.54) is 39.2 Å². The molecule has 1 aliphatic carbocycles. The molecule has 0 radical (unpaired) electrons. The molecule has 3 unspecified atom stereocenters. The number of hydrogen-bond acceptors (Lipinski definition) is 5. The van der Waals surface area contributed by atoms with Gasteiger partial charge in [0.15, 0.2) is 5.60 Å². The van der Waals surface area contributed by atoms with E-state index in [0.717, 1.165) is 23.1 Å². The summed E-state index contributed by atoms with van der Waals surface area (Å²) in [5.41, 5.74) is 2.01. The van der Waals surface area contributed by atoms with Crippen molar-refractivity contribution in [2.45, 2.75) is 58.1 Å². The lowest BCUT2D eigenvalue weighted by atomic mass is 9.97. The van der Waals surface area contributed by atoms with Crippen LogP contribution in [0, 0.1) is 19.8 Å². The van der Waals surface area contributed by atoms with Gasteiger partial charge in [-0.25, -0.2) is 4.79 Å². The van der Waals surface area contributed by atoms with Gasteiger partial charge >= 0.3 is 12.3 Å². The molecule has 2 aromatic carbocycles. The number of methoxy groups -OCH3 is 2. The molecule has 0 aliphatic heterocycles. The van der Waals surface area contributed by atoms with Crippen LogP contribution in [0.25, 0.3) is 0 Å². The Balaban J connectivity index is 1.83. The molecule has 1 saturated carbocycles. The van der Waals surface area contributed by atoms with E-state index in [9.17, 15) is 23.1 Å². The molecule has 6 nitrogen and oxygen atoms in total. The third-order valence-corrected chi connectivity index (χ3v) is 6.01. The Hall–Kier alpha value is -2.94. The summed E-state index contributed by atoms with van der Waals surface area (Å²) in [6.07, 6.45) is -4.36. The molecule has 1 aliphatic rings. The molecule has 0 saturated heterocycles. The average molecular weight is 482 g/mol. The summed E-state index contributed by atoms with van der Waals surface area (Å²) < 4.78 is 58.6. The van der Waals surface area contributed by atoms with Crippen LogP contribution in [0.1, 0.15) is 54.5 Å². The molecule has 0 heterocycles. The first-order valence-corrected chi connectivity index (χ1v) is 10.8. The topological polar surface area (TPSA) is 74.2 Å². The summed E-state index contributed by atoms with van der Waals surface area (Å²) in [5.74, 6) is -0.360. The highest BCUT2D eigenvalue weighted by molar-refractivity contribution is 5.77. The van der Waals surface area contributed by atoms with Crippen molar-refractivity contribution in [2.24, 2.45) is 5.92 Å². The standard InChI is InChI=1S/C25H29F3O6/c1-13-9-15(10-14(2)21(13)34-24(3,4)23(29)30)18-12-19(18)22(32-6)17-8-7-16(11-20(17)31-5)33-25(26,27)28/h7-11,18-19,22H,12H2,1-6H3,(H,29,30). The van der Waals surface area contributed by atoms with E-state index in [4.69, 9.17) is 14.2 Å². The van der Waals surface area contributed by atoms with Gasteiger partial charge in [-0.1, -0.05) is 12.1 Å². The predicted octanol–water partition coefficient (Wildman–Crippen LogP) is 5.94. The minimum Gasteiger partial charge on any atom is -0.496 e. The van der Waals surface area contributed by atoms with Gasteiger partial charge in [-0.3, -0.25) is 0 Å². The van der Waals surface area contributed by atoms with Crippen molar-refractivity contribution in [2.75, 3.05) is 14.2 Å². The van der Waals surface area contributed by atoms with Crippen molar-refractivity contribution >= 4 is 5.97 Å². The molecule has 0 aromatic heterocycles. The SMILES string of the molecule is COc1cc(OC(F)(F)F)ccc1C(OC)C1CC1c1cc(C)c(OC(C)(C)C(=O)O)c(C)c1. The Morgan fingerprint density at radius 2 is 1.68 bits per heavy atom. The van der Waals surface area contributed by atoms with Crippen LogP contribution in [0.5, 0.6) is 17.2 Å². The number of benzene rings is 2. The van der Waals surface area contributed by atoms with Crippen molar-refractivity contribution in [1.82, 2.24) is 0 Å². The lowest BCUT2D eigenvalue weighted by Crippen LogP contribution is -2.38. The van der Waals surface area contributed by atoms with Crippen LogP contribution in [-0.4, -0.2) is 37.3 Å². The summed E-state index contributed by atoms with van der Waals surface area (Å²) in [6.45, 7) is 6.75. The highest BCUT2D eigenvalue weighted by atomic mass is 19.4. The molecule has 186 valence electrons. The van der Waals surface area contributed by atoms with Crippen LogP contribution in [0.15, 0.2) is 30.3 Å². The van der Waals surface area contributed by atoms with E-state index < -0.39 is 17.9 Å². The van der Waals surface area contributed by atoms with Crippen LogP contribution >= 0.6 is 0 Å². The number of alkyl halides is 3. The maximum Gasteiger partial charge on any atom is 0.573 e. The fourth-order valence-electron chi connectivity index (χ4n) is 4.25. The molecule has 1 N–H and O–H groups in total. The largest absolute Gasteiger partial charge is 0.573 e. The van der Waals surface area contributed by atoms with E-state index in [2.05, 4.69) is 4.74 Å². The van der Waals surface area contributed by atoms with Crippen molar-refractivity contribution in [3.05, 3.63) is 52.6 Å². The number of hydrogen-bond donors (Lipinski definition) is 1. The Labute approximate surface area is 196 Å². The molecular formula is C25H29F3O6. The monoisotopic (exact) mass is 482 g/mol. The number of carboxylic acid groups (broad SMARTS) is 1. The Kier molecular flexibility index (Phi) is 7.07. The number of carboxylic acids is 1. The number of aryl methyl sites for hydroxylation is 2. The summed E-state index contributed by atoms with van der Waals surface area (Å²) in [6, 6.07) is 7.95. The van der Waals surface area contributed by atoms with Gasteiger partial charge in [0, 0.05) is 18.7 Å². The van der Waals surface area contributed by atoms with Gasteiger partial charge in [-0.15, -0.1) is 13.2 Å². The number of ether oxygens (including phenoxy) is 4. The van der Waals surface area contributed by atoms with Crippen LogP contribution < -0.4 is 14.2 Å². The van der Waals surface area contributed by atoms with Crippen molar-refractivity contribution in [3.8, 4) is 17.2 Å². The predicted molar refractivity (Wildman–Crippen MR) is 119 cm³/mol. The van der Waals surface area contributed by atoms with Crippen LogP contribution in [0.4, 0.5) is 13.2 Å². The Morgan fingerprint density at radius 1 is 1.06 bits per heavy atom. The molecule has 34 heavy (non-hydrogen) atoms. The second kappa shape index (κ2) is 9.37. The third-order valence-electron chi connectivity index (χ3n) is 6.01. The summed E-state index contributed by atoms with van der Waals surface area (Å²) in [4.78, 5) is 11.4. The van der Waals surface area contributed by atoms with Crippen molar-refractivity contribution < 1.29 is 42.0 Å². The summed E-state index contributed by atoms with van der Waals surface area (Å²) in [7, 11) is 2.94. The minimum atomic E-state index is -4.79. The number of halogens is 3. The van der Waals surface area contributed by atoms with E-state index >= 15 is 0 Å². The van der Waals surface area contributed by atoms with E-state index in [1.54, 1.807) is 7.11 Å². The third kappa shape index (κ3) is 5.58. The molecule has 3 atom stereocenters. The van der Waals surface area contributed by atoms with Gasteiger partial charge < -0.3 is 24.1 Å². The van der Waals surface area contributed by atoms with Gasteiger partial charge in [-0.2, -0.15) is 0 Å². The van der Waals surface area contributed by atoms with Crippen molar-refractivity contribution in [1.29, 1.82) is 0 Å². The number of carbonyl (C=O) groups is 1. The van der Waals surface area contributed by atoms with Crippen molar-refractivity contribution in [3.63, 3.8) is 0 Å². The smallest absolute Gasteiger partial charge is 0.496 e. The molecule has 3 rings (SSSR count). The summed E-state index contributed by atoms with van der Waals surface area (Å²) >= 11 is 0. The lowest BCUT2D eigenvalue weighted by molar-refractivity contribution is -0.274. The molecule has 0 spiro atoms. The van der Waals surface area contributed by atoms with E-state index in [1.807, 2.05) is 26.0 Å². The number of aliphatic carboxylic acids is 1.